The van der Waals surface area contributed by atoms with Gasteiger partial charge in [-0.3, -0.25) is 14.5 Å². The van der Waals surface area contributed by atoms with E-state index in [1.54, 1.807) is 0 Å². The summed E-state index contributed by atoms with van der Waals surface area (Å²) in [5.74, 6) is 0.706. The fourth-order valence-corrected chi connectivity index (χ4v) is 6.89. The molecule has 2 aromatic rings. The molecule has 33 heavy (non-hydrogen) atoms. The highest BCUT2D eigenvalue weighted by Gasteiger charge is 2.36. The van der Waals surface area contributed by atoms with Crippen LogP contribution in [0.2, 0.25) is 0 Å². The minimum absolute atomic E-state index is 0.0906. The molecule has 1 aliphatic carbocycles. The molecule has 176 valence electrons. The maximum atomic E-state index is 13.4. The molecule has 1 saturated heterocycles. The van der Waals surface area contributed by atoms with Gasteiger partial charge in [-0.2, -0.15) is 0 Å². The second kappa shape index (κ2) is 9.59. The van der Waals surface area contributed by atoms with Gasteiger partial charge in [-0.05, 0) is 61.2 Å². The topological polar surface area (TPSA) is 43.9 Å². The van der Waals surface area contributed by atoms with E-state index in [0.29, 0.717) is 32.1 Å². The minimum Gasteiger partial charge on any atom is -0.338 e. The summed E-state index contributed by atoms with van der Waals surface area (Å²) < 4.78 is 0. The first-order chi connectivity index (χ1) is 16.0. The molecule has 1 aromatic carbocycles. The highest BCUT2D eigenvalue weighted by Crippen LogP contribution is 2.38. The maximum Gasteiger partial charge on any atom is 0.236 e. The van der Waals surface area contributed by atoms with Crippen LogP contribution >= 0.6 is 11.3 Å². The maximum absolute atomic E-state index is 13.4. The largest absolute Gasteiger partial charge is 0.338 e. The number of thiophene rings is 1. The molecule has 2 atom stereocenters. The van der Waals surface area contributed by atoms with Gasteiger partial charge in [-0.25, -0.2) is 0 Å². The lowest BCUT2D eigenvalue weighted by molar-refractivity contribution is -0.145. The monoisotopic (exact) mass is 465 g/mol. The molecule has 3 heterocycles. The third kappa shape index (κ3) is 4.47. The number of aryl methyl sites for hydroxylation is 1. The lowest BCUT2D eigenvalue weighted by atomic mass is 9.90. The number of hydrogen-bond acceptors (Lipinski definition) is 4. The smallest absolute Gasteiger partial charge is 0.236 e. The van der Waals surface area contributed by atoms with Gasteiger partial charge in [-0.15, -0.1) is 11.3 Å². The zero-order chi connectivity index (χ0) is 22.9. The van der Waals surface area contributed by atoms with Crippen molar-refractivity contribution in [2.75, 3.05) is 32.7 Å². The predicted octanol–water partition coefficient (Wildman–Crippen LogP) is 4.25. The number of fused-ring (bicyclic) bond motifs is 1. The number of nitrogens with zero attached hydrogens (tertiary/aromatic N) is 3. The molecule has 0 bridgehead atoms. The van der Waals surface area contributed by atoms with E-state index in [2.05, 4.69) is 54.5 Å². The first kappa shape index (κ1) is 22.6. The van der Waals surface area contributed by atoms with Gasteiger partial charge in [0.1, 0.15) is 0 Å². The summed E-state index contributed by atoms with van der Waals surface area (Å²) in [6.07, 6.45) is 5.41. The van der Waals surface area contributed by atoms with E-state index in [4.69, 9.17) is 0 Å². The van der Waals surface area contributed by atoms with Gasteiger partial charge in [0.25, 0.3) is 0 Å². The van der Waals surface area contributed by atoms with Gasteiger partial charge >= 0.3 is 0 Å². The molecule has 6 heteroatoms. The van der Waals surface area contributed by atoms with Gasteiger partial charge in [0.2, 0.25) is 11.8 Å². The van der Waals surface area contributed by atoms with E-state index >= 15 is 0 Å². The average Bonchev–Trinajstić information content (AvgIpc) is 3.51. The lowest BCUT2D eigenvalue weighted by Gasteiger charge is -2.42. The number of amides is 2. The Morgan fingerprint density at radius 1 is 1.03 bits per heavy atom. The van der Waals surface area contributed by atoms with Crippen LogP contribution in [0.4, 0.5) is 0 Å². The molecule has 0 unspecified atom stereocenters. The SMILES string of the molecule is Cc1ccccc1[C@H]1c2ccsc2CCN1CC(=O)N1CCN(C(=O)C2CCCC2)[C@@H](C)C1. The summed E-state index contributed by atoms with van der Waals surface area (Å²) in [7, 11) is 0. The van der Waals surface area contributed by atoms with Crippen LogP contribution < -0.4 is 0 Å². The van der Waals surface area contributed by atoms with Crippen molar-refractivity contribution in [1.29, 1.82) is 0 Å². The Kier molecular flexibility index (Phi) is 6.57. The van der Waals surface area contributed by atoms with Crippen LogP contribution in [-0.4, -0.2) is 65.3 Å². The second-order valence-electron chi connectivity index (χ2n) is 9.98. The zero-order valence-electron chi connectivity index (χ0n) is 19.8. The van der Waals surface area contributed by atoms with Crippen molar-refractivity contribution in [2.45, 2.75) is 58.0 Å². The molecule has 1 aromatic heterocycles. The third-order valence-corrected chi connectivity index (χ3v) is 8.85. The first-order valence-electron chi connectivity index (χ1n) is 12.5. The Balaban J connectivity index is 1.28. The van der Waals surface area contributed by atoms with E-state index in [1.165, 1.54) is 34.4 Å². The minimum atomic E-state index is 0.0906. The quantitative estimate of drug-likeness (QED) is 0.678. The highest BCUT2D eigenvalue weighted by atomic mass is 32.1. The van der Waals surface area contributed by atoms with Gasteiger partial charge < -0.3 is 9.80 Å². The summed E-state index contributed by atoms with van der Waals surface area (Å²) in [5.41, 5.74) is 3.92. The van der Waals surface area contributed by atoms with Gasteiger partial charge in [-0.1, -0.05) is 37.1 Å². The number of rotatable bonds is 4. The van der Waals surface area contributed by atoms with Crippen LogP contribution in [-0.2, 0) is 16.0 Å². The van der Waals surface area contributed by atoms with Crippen molar-refractivity contribution in [3.05, 3.63) is 57.3 Å². The third-order valence-electron chi connectivity index (χ3n) is 7.85. The van der Waals surface area contributed by atoms with Crippen molar-refractivity contribution in [3.63, 3.8) is 0 Å². The van der Waals surface area contributed by atoms with Crippen molar-refractivity contribution in [3.8, 4) is 0 Å². The Morgan fingerprint density at radius 2 is 1.82 bits per heavy atom. The Labute approximate surface area is 201 Å². The molecule has 1 saturated carbocycles. The Hall–Kier alpha value is -2.18. The molecule has 2 aliphatic heterocycles. The predicted molar refractivity (Wildman–Crippen MR) is 132 cm³/mol. The van der Waals surface area contributed by atoms with Crippen molar-refractivity contribution < 1.29 is 9.59 Å². The summed E-state index contributed by atoms with van der Waals surface area (Å²) in [5, 5.41) is 2.18. The fraction of sp³-hybridized carbons (Fsp3) is 0.556. The fourth-order valence-electron chi connectivity index (χ4n) is 5.99. The summed E-state index contributed by atoms with van der Waals surface area (Å²) in [6.45, 7) is 7.54. The first-order valence-corrected chi connectivity index (χ1v) is 13.3. The van der Waals surface area contributed by atoms with Crippen LogP contribution in [0.5, 0.6) is 0 Å². The average molecular weight is 466 g/mol. The lowest BCUT2D eigenvalue weighted by Crippen LogP contribution is -2.58. The molecule has 0 N–H and O–H groups in total. The molecule has 0 radical (unpaired) electrons. The van der Waals surface area contributed by atoms with Crippen LogP contribution in [0, 0.1) is 12.8 Å². The highest BCUT2D eigenvalue weighted by molar-refractivity contribution is 7.10. The van der Waals surface area contributed by atoms with Gasteiger partial charge in [0.05, 0.1) is 12.6 Å². The van der Waals surface area contributed by atoms with E-state index in [1.807, 2.05) is 21.1 Å². The number of carbonyl (C=O) groups is 2. The molecular weight excluding hydrogens is 430 g/mol. The Bertz CT molecular complexity index is 1010. The molecule has 2 fully saturated rings. The van der Waals surface area contributed by atoms with Crippen LogP contribution in [0.15, 0.2) is 35.7 Å². The van der Waals surface area contributed by atoms with Crippen molar-refractivity contribution >= 4 is 23.2 Å². The van der Waals surface area contributed by atoms with Crippen LogP contribution in [0.25, 0.3) is 0 Å². The van der Waals surface area contributed by atoms with Gasteiger partial charge in [0.15, 0.2) is 0 Å². The second-order valence-corrected chi connectivity index (χ2v) is 11.0. The van der Waals surface area contributed by atoms with E-state index in [9.17, 15) is 9.59 Å². The van der Waals surface area contributed by atoms with Crippen molar-refractivity contribution in [2.24, 2.45) is 5.92 Å². The summed E-state index contributed by atoms with van der Waals surface area (Å²) in [6, 6.07) is 11.0. The number of carbonyl (C=O) groups excluding carboxylic acids is 2. The molecule has 5 rings (SSSR count). The number of benzene rings is 1. The molecular formula is C27H35N3O2S. The van der Waals surface area contributed by atoms with Crippen LogP contribution in [0.1, 0.15) is 60.2 Å². The molecule has 2 amide bonds. The zero-order valence-corrected chi connectivity index (χ0v) is 20.7. The van der Waals surface area contributed by atoms with Crippen molar-refractivity contribution in [1.82, 2.24) is 14.7 Å². The normalized spacial score (nSPS) is 24.2. The van der Waals surface area contributed by atoms with E-state index in [-0.39, 0.29) is 23.9 Å². The number of piperazine rings is 1. The summed E-state index contributed by atoms with van der Waals surface area (Å²) in [4.78, 5) is 34.2. The molecule has 3 aliphatic rings. The molecule has 0 spiro atoms. The standard InChI is InChI=1S/C27H35N3O2S/c1-19-7-3-6-10-22(19)26-23-12-16-33-24(23)11-13-29(26)18-25(31)28-14-15-30(20(2)17-28)27(32)21-8-4-5-9-21/h3,6-7,10,12,16,20-21,26H,4-5,8-9,11,13-15,17-18H2,1-2H3/t20-,26-/m0/s1. The van der Waals surface area contributed by atoms with Gasteiger partial charge in [0, 0.05) is 43.0 Å². The van der Waals surface area contributed by atoms with E-state index in [0.717, 1.165) is 25.8 Å². The molecule has 5 nitrogen and oxygen atoms in total. The van der Waals surface area contributed by atoms with E-state index < -0.39 is 0 Å². The van der Waals surface area contributed by atoms with Crippen LogP contribution in [0.3, 0.4) is 0 Å². The Morgan fingerprint density at radius 3 is 2.58 bits per heavy atom. The number of hydrogen-bond donors (Lipinski definition) is 0. The summed E-state index contributed by atoms with van der Waals surface area (Å²) >= 11 is 1.83.